The van der Waals surface area contributed by atoms with Gasteiger partial charge in [-0.05, 0) is 75.1 Å². The Morgan fingerprint density at radius 1 is 0.902 bits per heavy atom. The van der Waals surface area contributed by atoms with Crippen LogP contribution in [0.2, 0.25) is 10.0 Å². The van der Waals surface area contributed by atoms with E-state index in [0.717, 1.165) is 63.3 Å². The standard InChI is InChI=1S/C21H31NO4.C16H23Cl2NO5S/c23-19(16-17-8-4-3-5-9-17)13-11-18-12-14-20(24)22(18)15-7-2-1-6-10-21(25)26;1-25(22,23)19(7-5-3-2-4-6-16(20)21)8-9-24-15-11-13(17)10-14(18)12-15/h3-5,8-9,18-19,23H,1-2,6-7,10-16H2,(H,25,26);10-12H,2-9H2,1H3,(H,20,21). The highest BCUT2D eigenvalue weighted by Crippen LogP contribution is 2.25. The number of likely N-dealkylation sites (tertiary alicyclic amines) is 1. The van der Waals surface area contributed by atoms with Crippen LogP contribution in [0, 0.1) is 0 Å². The smallest absolute Gasteiger partial charge is 0.303 e. The molecule has 3 N–H and O–H groups in total. The second-order valence-electron chi connectivity index (χ2n) is 12.9. The molecule has 2 unspecified atom stereocenters. The number of aliphatic hydroxyl groups is 1. The van der Waals surface area contributed by atoms with E-state index in [2.05, 4.69) is 0 Å². The van der Waals surface area contributed by atoms with Crippen LogP contribution in [0.15, 0.2) is 48.5 Å². The van der Waals surface area contributed by atoms with Crippen LogP contribution in [0.1, 0.15) is 95.5 Å². The number of carboxylic acids is 2. The quantitative estimate of drug-likeness (QED) is 0.0949. The van der Waals surface area contributed by atoms with Gasteiger partial charge in [0.1, 0.15) is 12.4 Å². The lowest BCUT2D eigenvalue weighted by Crippen LogP contribution is -2.34. The van der Waals surface area contributed by atoms with E-state index in [9.17, 15) is 27.9 Å². The van der Waals surface area contributed by atoms with Crippen molar-refractivity contribution < 1.29 is 42.9 Å². The van der Waals surface area contributed by atoms with E-state index in [1.807, 2.05) is 35.2 Å². The number of carboxylic acid groups (broad SMARTS) is 2. The van der Waals surface area contributed by atoms with Gasteiger partial charge in [-0.2, -0.15) is 4.31 Å². The molecule has 0 radical (unpaired) electrons. The third-order valence-electron chi connectivity index (χ3n) is 8.60. The number of nitrogens with zero attached hydrogens (tertiary/aromatic N) is 2. The van der Waals surface area contributed by atoms with Gasteiger partial charge < -0.3 is 25.0 Å². The maximum atomic E-state index is 12.1. The van der Waals surface area contributed by atoms with Crippen molar-refractivity contribution in [3.8, 4) is 5.75 Å². The number of benzene rings is 2. The van der Waals surface area contributed by atoms with Crippen molar-refractivity contribution in [1.82, 2.24) is 9.21 Å². The first-order chi connectivity index (χ1) is 24.2. The summed E-state index contributed by atoms with van der Waals surface area (Å²) in [7, 11) is -3.33. The fourth-order valence-corrected chi connectivity index (χ4v) is 7.30. The van der Waals surface area contributed by atoms with Gasteiger partial charge in [0.25, 0.3) is 0 Å². The van der Waals surface area contributed by atoms with Gasteiger partial charge in [0.15, 0.2) is 0 Å². The molecule has 1 saturated heterocycles. The lowest BCUT2D eigenvalue weighted by Gasteiger charge is -2.25. The average molecular weight is 774 g/mol. The number of halogens is 2. The average Bonchev–Trinajstić information content (AvgIpc) is 3.40. The molecular formula is C37H54Cl2N2O9S. The molecule has 3 rings (SSSR count). The zero-order valence-electron chi connectivity index (χ0n) is 29.6. The summed E-state index contributed by atoms with van der Waals surface area (Å²) in [5, 5.41) is 28.4. The van der Waals surface area contributed by atoms with Crippen LogP contribution in [0.25, 0.3) is 0 Å². The number of rotatable bonds is 24. The Hall–Kier alpha value is -2.90. The third kappa shape index (κ3) is 20.1. The van der Waals surface area contributed by atoms with Gasteiger partial charge in [-0.1, -0.05) is 79.2 Å². The Kier molecular flexibility index (Phi) is 21.1. The topological polar surface area (TPSA) is 162 Å². The largest absolute Gasteiger partial charge is 0.492 e. The lowest BCUT2D eigenvalue weighted by molar-refractivity contribution is -0.138. The molecule has 2 aromatic rings. The molecule has 1 aliphatic rings. The first kappa shape index (κ1) is 44.3. The van der Waals surface area contributed by atoms with E-state index in [-0.39, 0.29) is 44.0 Å². The lowest BCUT2D eigenvalue weighted by atomic mass is 10.0. The van der Waals surface area contributed by atoms with Crippen molar-refractivity contribution in [2.45, 2.75) is 108 Å². The second-order valence-corrected chi connectivity index (χ2v) is 15.8. The molecule has 2 atom stereocenters. The van der Waals surface area contributed by atoms with Gasteiger partial charge in [-0.3, -0.25) is 14.4 Å². The van der Waals surface area contributed by atoms with Gasteiger partial charge in [0, 0.05) is 55.0 Å². The molecule has 1 heterocycles. The highest BCUT2D eigenvalue weighted by molar-refractivity contribution is 7.88. The number of aliphatic carboxylic acids is 2. The SMILES string of the molecule is CS(=O)(=O)N(CCCCCCC(=O)O)CCOc1cc(Cl)cc(Cl)c1.O=C(O)CCCCCCN1C(=O)CCC1CCC(O)Cc1ccccc1. The van der Waals surface area contributed by atoms with Crippen molar-refractivity contribution in [3.05, 3.63) is 64.1 Å². The van der Waals surface area contributed by atoms with Crippen LogP contribution < -0.4 is 4.74 Å². The van der Waals surface area contributed by atoms with Crippen LogP contribution in [0.3, 0.4) is 0 Å². The summed E-state index contributed by atoms with van der Waals surface area (Å²) < 4.78 is 30.6. The fourth-order valence-electron chi connectivity index (χ4n) is 5.92. The zero-order valence-corrected chi connectivity index (χ0v) is 31.9. The number of ether oxygens (including phenoxy) is 1. The highest BCUT2D eigenvalue weighted by Gasteiger charge is 2.30. The molecule has 0 aliphatic carbocycles. The minimum absolute atomic E-state index is 0.145. The molecule has 1 amide bonds. The minimum Gasteiger partial charge on any atom is -0.492 e. The van der Waals surface area contributed by atoms with Crippen LogP contribution in [0.4, 0.5) is 0 Å². The Morgan fingerprint density at radius 2 is 1.49 bits per heavy atom. The third-order valence-corrected chi connectivity index (χ3v) is 10.3. The molecule has 11 nitrogen and oxygen atoms in total. The van der Waals surface area contributed by atoms with Crippen molar-refractivity contribution in [2.24, 2.45) is 0 Å². The van der Waals surface area contributed by atoms with Crippen molar-refractivity contribution >= 4 is 51.1 Å². The molecular weight excluding hydrogens is 719 g/mol. The Bertz CT molecular complexity index is 1430. The maximum absolute atomic E-state index is 12.1. The summed E-state index contributed by atoms with van der Waals surface area (Å²) >= 11 is 11.8. The van der Waals surface area contributed by atoms with E-state index in [1.165, 1.54) is 4.31 Å². The number of hydrogen-bond donors (Lipinski definition) is 3. The molecule has 0 aromatic heterocycles. The summed E-state index contributed by atoms with van der Waals surface area (Å²) in [6, 6.07) is 15.0. The number of amides is 1. The normalized spacial score (nSPS) is 15.0. The van der Waals surface area contributed by atoms with Gasteiger partial charge >= 0.3 is 11.9 Å². The van der Waals surface area contributed by atoms with Crippen molar-refractivity contribution in [3.63, 3.8) is 0 Å². The molecule has 0 spiro atoms. The van der Waals surface area contributed by atoms with Crippen molar-refractivity contribution in [2.75, 3.05) is 32.5 Å². The predicted molar refractivity (Wildman–Crippen MR) is 200 cm³/mol. The summed E-state index contributed by atoms with van der Waals surface area (Å²) in [4.78, 5) is 35.0. The van der Waals surface area contributed by atoms with Crippen LogP contribution in [-0.4, -0.2) is 95.4 Å². The Balaban J connectivity index is 0.000000354. The molecule has 1 fully saturated rings. The highest BCUT2D eigenvalue weighted by atomic mass is 35.5. The van der Waals surface area contributed by atoms with Crippen LogP contribution >= 0.6 is 23.2 Å². The summed E-state index contributed by atoms with van der Waals surface area (Å²) in [5.74, 6) is -0.845. The van der Waals surface area contributed by atoms with E-state index in [4.69, 9.17) is 38.2 Å². The first-order valence-corrected chi connectivity index (χ1v) is 20.3. The fraction of sp³-hybridized carbons (Fsp3) is 0.595. The maximum Gasteiger partial charge on any atom is 0.303 e. The summed E-state index contributed by atoms with van der Waals surface area (Å²) in [5.41, 5.74) is 1.14. The summed E-state index contributed by atoms with van der Waals surface area (Å²) in [6.45, 7) is 1.54. The monoisotopic (exact) mass is 772 g/mol. The van der Waals surface area contributed by atoms with Gasteiger partial charge in [-0.25, -0.2) is 8.42 Å². The number of sulfonamides is 1. The molecule has 14 heteroatoms. The summed E-state index contributed by atoms with van der Waals surface area (Å²) in [6.07, 6.45) is 11.2. The van der Waals surface area contributed by atoms with Crippen LogP contribution in [-0.2, 0) is 30.8 Å². The molecule has 2 aromatic carbocycles. The number of aliphatic hydroxyl groups excluding tert-OH is 1. The Morgan fingerprint density at radius 3 is 2.08 bits per heavy atom. The Labute approximate surface area is 312 Å². The zero-order chi connectivity index (χ0) is 37.6. The van der Waals surface area contributed by atoms with E-state index < -0.39 is 22.0 Å². The molecule has 1 aliphatic heterocycles. The number of hydrogen-bond acceptors (Lipinski definition) is 7. The van der Waals surface area contributed by atoms with Gasteiger partial charge in [0.05, 0.1) is 12.4 Å². The van der Waals surface area contributed by atoms with E-state index >= 15 is 0 Å². The number of unbranched alkanes of at least 4 members (excludes halogenated alkanes) is 6. The van der Waals surface area contributed by atoms with E-state index in [0.29, 0.717) is 60.9 Å². The van der Waals surface area contributed by atoms with Gasteiger partial charge in [0.2, 0.25) is 15.9 Å². The first-order valence-electron chi connectivity index (χ1n) is 17.7. The molecule has 0 bridgehead atoms. The second kappa shape index (κ2) is 24.4. The van der Waals surface area contributed by atoms with Crippen LogP contribution in [0.5, 0.6) is 5.75 Å². The predicted octanol–water partition coefficient (Wildman–Crippen LogP) is 7.07. The van der Waals surface area contributed by atoms with Gasteiger partial charge in [-0.15, -0.1) is 0 Å². The molecule has 0 saturated carbocycles. The van der Waals surface area contributed by atoms with E-state index in [1.54, 1.807) is 18.2 Å². The van der Waals surface area contributed by atoms with Crippen molar-refractivity contribution in [1.29, 1.82) is 0 Å². The number of carbonyl (C=O) groups excluding carboxylic acids is 1. The number of carbonyl (C=O) groups is 3. The molecule has 286 valence electrons. The molecule has 51 heavy (non-hydrogen) atoms. The minimum atomic E-state index is -3.33.